The molecule has 3 fully saturated rings. The van der Waals surface area contributed by atoms with Gasteiger partial charge < -0.3 is 20.2 Å². The maximum Gasteiger partial charge on any atom is 0.253 e. The van der Waals surface area contributed by atoms with Crippen LogP contribution in [0.25, 0.3) is 0 Å². The molecule has 0 radical (unpaired) electrons. The van der Waals surface area contributed by atoms with Gasteiger partial charge in [-0.25, -0.2) is 0 Å². The van der Waals surface area contributed by atoms with Crippen LogP contribution in [0.4, 0.5) is 0 Å². The predicted octanol–water partition coefficient (Wildman–Crippen LogP) is 0.423. The molecule has 8 heteroatoms. The number of rotatable bonds is 2. The van der Waals surface area contributed by atoms with Gasteiger partial charge in [-0.2, -0.15) is 0 Å². The van der Waals surface area contributed by atoms with Crippen molar-refractivity contribution in [3.8, 4) is 0 Å². The third-order valence-corrected chi connectivity index (χ3v) is 6.69. The minimum Gasteiger partial charge on any atom is -0.392 e. The number of carbonyl (C=O) groups excluding carboxylic acids is 3. The first-order valence-electron chi connectivity index (χ1n) is 10.5. The Morgan fingerprint density at radius 1 is 1.10 bits per heavy atom. The van der Waals surface area contributed by atoms with Crippen molar-refractivity contribution in [3.05, 3.63) is 30.1 Å². The molecule has 0 bridgehead atoms. The van der Waals surface area contributed by atoms with E-state index in [0.717, 1.165) is 6.42 Å². The van der Waals surface area contributed by atoms with Gasteiger partial charge in [0.25, 0.3) is 5.91 Å². The van der Waals surface area contributed by atoms with E-state index in [1.54, 1.807) is 34.3 Å². The number of aliphatic hydroxyl groups excluding tert-OH is 1. The van der Waals surface area contributed by atoms with Crippen LogP contribution < -0.4 is 5.32 Å². The molecule has 8 nitrogen and oxygen atoms in total. The molecular formula is C21H28N4O4. The van der Waals surface area contributed by atoms with Crippen LogP contribution >= 0.6 is 0 Å². The van der Waals surface area contributed by atoms with Gasteiger partial charge in [-0.1, -0.05) is 0 Å². The standard InChI is InChI=1S/C21H28N4O4/c26-17-6-13-25(14-21(17)7-1-8-23-20(21)29)19(28)16-4-11-24(12-5-16)18(27)15-2-9-22-10-3-15/h2-3,9-10,16-17,26H,1,4-8,11-14H2,(H,23,29)/t17-,21+/m0/s1. The fourth-order valence-electron chi connectivity index (χ4n) is 4.90. The SMILES string of the molecule is O=C(c1ccncc1)N1CCC(C(=O)N2CC[C@H](O)[C@@]3(CCCNC3=O)C2)CC1. The van der Waals surface area contributed by atoms with Crippen LogP contribution in [0, 0.1) is 11.3 Å². The molecule has 1 spiro atoms. The minimum absolute atomic E-state index is 0.0303. The molecule has 3 aliphatic rings. The van der Waals surface area contributed by atoms with Crippen molar-refractivity contribution in [2.45, 2.75) is 38.2 Å². The Morgan fingerprint density at radius 3 is 2.48 bits per heavy atom. The summed E-state index contributed by atoms with van der Waals surface area (Å²) < 4.78 is 0. The quantitative estimate of drug-likeness (QED) is 0.749. The van der Waals surface area contributed by atoms with Crippen LogP contribution in [0.3, 0.4) is 0 Å². The van der Waals surface area contributed by atoms with Crippen molar-refractivity contribution in [1.29, 1.82) is 0 Å². The lowest BCUT2D eigenvalue weighted by molar-refractivity contribution is -0.157. The van der Waals surface area contributed by atoms with E-state index in [0.29, 0.717) is 57.4 Å². The Labute approximate surface area is 170 Å². The van der Waals surface area contributed by atoms with Gasteiger partial charge in [-0.15, -0.1) is 0 Å². The van der Waals surface area contributed by atoms with Crippen molar-refractivity contribution in [2.75, 3.05) is 32.7 Å². The number of aromatic nitrogens is 1. The molecule has 0 aromatic carbocycles. The first-order chi connectivity index (χ1) is 14.0. The second-order valence-corrected chi connectivity index (χ2v) is 8.38. The maximum absolute atomic E-state index is 13.1. The number of piperidine rings is 3. The summed E-state index contributed by atoms with van der Waals surface area (Å²) in [6.07, 6.45) is 5.60. The zero-order valence-electron chi connectivity index (χ0n) is 16.5. The molecular weight excluding hydrogens is 372 g/mol. The van der Waals surface area contributed by atoms with Crippen molar-refractivity contribution < 1.29 is 19.5 Å². The van der Waals surface area contributed by atoms with Crippen LogP contribution in [0.1, 0.15) is 42.5 Å². The predicted molar refractivity (Wildman–Crippen MR) is 105 cm³/mol. The monoisotopic (exact) mass is 400 g/mol. The van der Waals surface area contributed by atoms with Gasteiger partial charge in [0.1, 0.15) is 0 Å². The molecule has 2 N–H and O–H groups in total. The highest BCUT2D eigenvalue weighted by Gasteiger charge is 2.51. The molecule has 1 aromatic rings. The van der Waals surface area contributed by atoms with Crippen LogP contribution in [0.15, 0.2) is 24.5 Å². The Hall–Kier alpha value is -2.48. The summed E-state index contributed by atoms with van der Waals surface area (Å²) in [7, 11) is 0. The number of nitrogens with one attached hydrogen (secondary N) is 1. The van der Waals surface area contributed by atoms with Gasteiger partial charge in [0, 0.05) is 56.6 Å². The number of carbonyl (C=O) groups is 3. The minimum atomic E-state index is -0.871. The van der Waals surface area contributed by atoms with E-state index in [2.05, 4.69) is 10.3 Å². The first-order valence-corrected chi connectivity index (χ1v) is 10.5. The van der Waals surface area contributed by atoms with Crippen molar-refractivity contribution >= 4 is 17.7 Å². The Balaban J connectivity index is 1.37. The average Bonchev–Trinajstić information content (AvgIpc) is 2.77. The topological polar surface area (TPSA) is 103 Å². The highest BCUT2D eigenvalue weighted by Crippen LogP contribution is 2.38. The lowest BCUT2D eigenvalue weighted by Gasteiger charge is -2.47. The van der Waals surface area contributed by atoms with Gasteiger partial charge in [0.05, 0.1) is 11.5 Å². The first kappa shape index (κ1) is 19.8. The lowest BCUT2D eigenvalue weighted by Crippen LogP contribution is -2.62. The largest absolute Gasteiger partial charge is 0.392 e. The molecule has 0 saturated carbocycles. The molecule has 29 heavy (non-hydrogen) atoms. The Morgan fingerprint density at radius 2 is 1.79 bits per heavy atom. The van der Waals surface area contributed by atoms with Crippen molar-refractivity contribution in [2.24, 2.45) is 11.3 Å². The average molecular weight is 400 g/mol. The number of amides is 3. The molecule has 1 aromatic heterocycles. The summed E-state index contributed by atoms with van der Waals surface area (Å²) in [5, 5.41) is 13.4. The van der Waals surface area contributed by atoms with Gasteiger partial charge in [0.2, 0.25) is 11.8 Å². The zero-order chi connectivity index (χ0) is 20.4. The molecule has 0 unspecified atom stereocenters. The van der Waals surface area contributed by atoms with Crippen molar-refractivity contribution in [3.63, 3.8) is 0 Å². The molecule has 2 atom stereocenters. The van der Waals surface area contributed by atoms with E-state index in [-0.39, 0.29) is 30.2 Å². The molecule has 3 amide bonds. The second-order valence-electron chi connectivity index (χ2n) is 8.38. The normalized spacial score (nSPS) is 28.3. The van der Waals surface area contributed by atoms with Crippen LogP contribution in [0.5, 0.6) is 0 Å². The molecule has 0 aliphatic carbocycles. The molecule has 4 rings (SSSR count). The van der Waals surface area contributed by atoms with Crippen molar-refractivity contribution in [1.82, 2.24) is 20.1 Å². The number of nitrogens with zero attached hydrogens (tertiary/aromatic N) is 3. The Bertz CT molecular complexity index is 778. The number of hydrogen-bond donors (Lipinski definition) is 2. The maximum atomic E-state index is 13.1. The Kier molecular flexibility index (Phi) is 5.54. The summed E-state index contributed by atoms with van der Waals surface area (Å²) in [5.74, 6) is -0.259. The summed E-state index contributed by atoms with van der Waals surface area (Å²) >= 11 is 0. The molecule has 4 heterocycles. The fraction of sp³-hybridized carbons (Fsp3) is 0.619. The number of likely N-dealkylation sites (tertiary alicyclic amines) is 2. The highest BCUT2D eigenvalue weighted by molar-refractivity contribution is 5.94. The summed E-state index contributed by atoms with van der Waals surface area (Å²) in [6.45, 7) is 2.48. The fourth-order valence-corrected chi connectivity index (χ4v) is 4.90. The number of hydrogen-bond acceptors (Lipinski definition) is 5. The van der Waals surface area contributed by atoms with E-state index >= 15 is 0 Å². The van der Waals surface area contributed by atoms with E-state index in [9.17, 15) is 19.5 Å². The second kappa shape index (κ2) is 8.10. The third-order valence-electron chi connectivity index (χ3n) is 6.69. The van der Waals surface area contributed by atoms with Gasteiger partial charge in [-0.05, 0) is 44.2 Å². The van der Waals surface area contributed by atoms with E-state index in [4.69, 9.17) is 0 Å². The smallest absolute Gasteiger partial charge is 0.253 e. The number of pyridine rings is 1. The van der Waals surface area contributed by atoms with E-state index < -0.39 is 11.5 Å². The summed E-state index contributed by atoms with van der Waals surface area (Å²) in [4.78, 5) is 45.7. The van der Waals surface area contributed by atoms with Crippen LogP contribution in [-0.4, -0.2) is 76.4 Å². The van der Waals surface area contributed by atoms with E-state index in [1.165, 1.54) is 0 Å². The molecule has 3 saturated heterocycles. The summed E-state index contributed by atoms with van der Waals surface area (Å²) in [6, 6.07) is 3.40. The molecule has 3 aliphatic heterocycles. The van der Waals surface area contributed by atoms with Gasteiger partial charge in [-0.3, -0.25) is 19.4 Å². The lowest BCUT2D eigenvalue weighted by atomic mass is 9.71. The zero-order valence-corrected chi connectivity index (χ0v) is 16.5. The highest BCUT2D eigenvalue weighted by atomic mass is 16.3. The van der Waals surface area contributed by atoms with Crippen LogP contribution in [-0.2, 0) is 9.59 Å². The summed E-state index contributed by atoms with van der Waals surface area (Å²) in [5.41, 5.74) is -0.260. The molecule has 156 valence electrons. The third kappa shape index (κ3) is 3.73. The van der Waals surface area contributed by atoms with Crippen LogP contribution in [0.2, 0.25) is 0 Å². The number of aliphatic hydroxyl groups is 1. The van der Waals surface area contributed by atoms with Gasteiger partial charge >= 0.3 is 0 Å². The van der Waals surface area contributed by atoms with Gasteiger partial charge in [0.15, 0.2) is 0 Å². The van der Waals surface area contributed by atoms with E-state index in [1.807, 2.05) is 0 Å².